The minimum absolute atomic E-state index is 1.29. The van der Waals surface area contributed by atoms with Crippen LogP contribution in [-0.4, -0.2) is 4.75 Å². The molecule has 0 aliphatic carbocycles. The first kappa shape index (κ1) is 14.8. The summed E-state index contributed by atoms with van der Waals surface area (Å²) in [6.45, 7) is 2.28. The van der Waals surface area contributed by atoms with E-state index in [1.807, 2.05) is 0 Å². The van der Waals surface area contributed by atoms with Crippen molar-refractivity contribution in [1.29, 1.82) is 0 Å². The molecule has 0 spiro atoms. The van der Waals surface area contributed by atoms with Crippen LogP contribution in [0.1, 0.15) is 76.4 Å². The number of aromatic amines is 1. The fraction of sp³-hybridized carbons (Fsp3) is 0.800. The van der Waals surface area contributed by atoms with Crippen LogP contribution in [0.2, 0.25) is 0 Å². The number of H-pyrrole nitrogens is 1. The first-order valence-corrected chi connectivity index (χ1v) is 8.31. The molecule has 17 heavy (non-hydrogen) atoms. The summed E-state index contributed by atoms with van der Waals surface area (Å²) in [5.41, 5.74) is 0. The van der Waals surface area contributed by atoms with Crippen LogP contribution in [0.4, 0.5) is 0 Å². The predicted octanol–water partition coefficient (Wildman–Crippen LogP) is 6.06. The minimum atomic E-state index is 1.29. The second-order valence-electron chi connectivity index (χ2n) is 5.00. The third-order valence-corrected chi connectivity index (χ3v) is 4.28. The van der Waals surface area contributed by atoms with Crippen LogP contribution in [0.25, 0.3) is 0 Å². The van der Waals surface area contributed by atoms with Crippen LogP contribution >= 0.6 is 8.35 Å². The van der Waals surface area contributed by atoms with Crippen LogP contribution in [-0.2, 0) is 6.42 Å². The zero-order chi connectivity index (χ0) is 12.2. The van der Waals surface area contributed by atoms with E-state index in [0.717, 1.165) is 0 Å². The van der Waals surface area contributed by atoms with Gasteiger partial charge >= 0.3 is 0 Å². The maximum atomic E-state index is 3.21. The van der Waals surface area contributed by atoms with E-state index in [4.69, 9.17) is 0 Å². The Morgan fingerprint density at radius 1 is 0.882 bits per heavy atom. The van der Waals surface area contributed by atoms with Crippen molar-refractivity contribution in [1.82, 2.24) is 4.75 Å². The van der Waals surface area contributed by atoms with Gasteiger partial charge in [0.15, 0.2) is 0 Å². The first-order valence-electron chi connectivity index (χ1n) is 7.42. The molecule has 0 saturated carbocycles. The number of nitrogens with one attached hydrogen (secondary N) is 1. The van der Waals surface area contributed by atoms with E-state index in [0.29, 0.717) is 0 Å². The fourth-order valence-electron chi connectivity index (χ4n) is 2.22. The molecule has 0 amide bonds. The molecule has 1 nitrogen and oxygen atoms in total. The maximum Gasteiger partial charge on any atom is 0.0139 e. The second-order valence-corrected chi connectivity index (χ2v) is 6.05. The lowest BCUT2D eigenvalue weighted by molar-refractivity contribution is 0.557. The van der Waals surface area contributed by atoms with Crippen molar-refractivity contribution >= 4 is 8.35 Å². The highest BCUT2D eigenvalue weighted by Gasteiger charge is 1.95. The summed E-state index contributed by atoms with van der Waals surface area (Å²) in [4.78, 5) is 0. The lowest BCUT2D eigenvalue weighted by Gasteiger charge is -2.01. The van der Waals surface area contributed by atoms with Gasteiger partial charge in [-0.3, -0.25) is 0 Å². The van der Waals surface area contributed by atoms with Crippen LogP contribution in [0.5, 0.6) is 0 Å². The van der Waals surface area contributed by atoms with Crippen LogP contribution in [0, 0.1) is 0 Å². The Kier molecular flexibility index (Phi) is 9.42. The molecule has 1 aromatic rings. The lowest BCUT2D eigenvalue weighted by Crippen LogP contribution is -1.83. The molecular weight excluding hydrogens is 225 g/mol. The number of unbranched alkanes of at least 4 members (excludes halogenated alkanes) is 9. The molecule has 0 aliphatic rings. The van der Waals surface area contributed by atoms with Gasteiger partial charge in [0.25, 0.3) is 0 Å². The van der Waals surface area contributed by atoms with Gasteiger partial charge in [0.2, 0.25) is 0 Å². The normalized spacial score (nSPS) is 11.4. The molecule has 0 fully saturated rings. The van der Waals surface area contributed by atoms with Crippen LogP contribution < -0.4 is 0 Å². The molecule has 0 aromatic carbocycles. The molecule has 98 valence electrons. The van der Waals surface area contributed by atoms with E-state index in [1.165, 1.54) is 79.0 Å². The largest absolute Gasteiger partial charge is 0.344 e. The van der Waals surface area contributed by atoms with E-state index in [2.05, 4.69) is 23.9 Å². The van der Waals surface area contributed by atoms with Crippen molar-refractivity contribution in [2.75, 3.05) is 0 Å². The van der Waals surface area contributed by atoms with Gasteiger partial charge in [-0.1, -0.05) is 64.7 Å². The molecule has 0 bridgehead atoms. The smallest absolute Gasteiger partial charge is 0.0139 e. The number of aromatic nitrogens is 1. The van der Waals surface area contributed by atoms with E-state index in [1.54, 1.807) is 5.30 Å². The van der Waals surface area contributed by atoms with Crippen molar-refractivity contribution in [2.45, 2.75) is 77.6 Å². The first-order chi connectivity index (χ1) is 8.43. The van der Waals surface area contributed by atoms with E-state index in [-0.39, 0.29) is 0 Å². The highest BCUT2D eigenvalue weighted by Crippen LogP contribution is 2.16. The second kappa shape index (κ2) is 10.8. The standard InChI is InChI=1S/C15H28NP/c1-2-3-4-5-6-7-8-9-10-11-12-15-13-14-16-17-15/h13-14,16H,2-12H2,1H3. The van der Waals surface area contributed by atoms with Gasteiger partial charge in [0.1, 0.15) is 0 Å². The third kappa shape index (κ3) is 8.44. The van der Waals surface area contributed by atoms with Crippen LogP contribution in [0.15, 0.2) is 12.3 Å². The molecule has 1 heterocycles. The maximum absolute atomic E-state index is 3.21. The predicted molar refractivity (Wildman–Crippen MR) is 78.9 cm³/mol. The van der Waals surface area contributed by atoms with Gasteiger partial charge in [0.05, 0.1) is 0 Å². The van der Waals surface area contributed by atoms with Gasteiger partial charge in [-0.2, -0.15) is 0 Å². The zero-order valence-electron chi connectivity index (χ0n) is 11.4. The Hall–Kier alpha value is -0.290. The Labute approximate surface area is 109 Å². The summed E-state index contributed by atoms with van der Waals surface area (Å²) in [6, 6.07) is 2.23. The minimum Gasteiger partial charge on any atom is -0.344 e. The third-order valence-electron chi connectivity index (χ3n) is 3.34. The molecular formula is C15H28NP. The van der Waals surface area contributed by atoms with Gasteiger partial charge in [0, 0.05) is 14.5 Å². The van der Waals surface area contributed by atoms with E-state index < -0.39 is 0 Å². The number of hydrogen-bond acceptors (Lipinski definition) is 0. The summed E-state index contributed by atoms with van der Waals surface area (Å²) in [5, 5.41) is 1.56. The average molecular weight is 253 g/mol. The van der Waals surface area contributed by atoms with Crippen molar-refractivity contribution in [3.8, 4) is 0 Å². The quantitative estimate of drug-likeness (QED) is 0.461. The Morgan fingerprint density at radius 2 is 1.47 bits per heavy atom. The van der Waals surface area contributed by atoms with Crippen molar-refractivity contribution in [3.63, 3.8) is 0 Å². The summed E-state index contributed by atoms with van der Waals surface area (Å²) in [6.07, 6.45) is 17.7. The van der Waals surface area contributed by atoms with Crippen LogP contribution in [0.3, 0.4) is 0 Å². The number of aryl methyl sites for hydroxylation is 1. The summed E-state index contributed by atoms with van der Waals surface area (Å²) in [7, 11) is 1.32. The monoisotopic (exact) mass is 253 g/mol. The van der Waals surface area contributed by atoms with Crippen molar-refractivity contribution in [3.05, 3.63) is 17.6 Å². The van der Waals surface area contributed by atoms with E-state index in [9.17, 15) is 0 Å². The SMILES string of the molecule is CCCCCCCCCCCCc1cc[nH]p1. The fourth-order valence-corrected chi connectivity index (χ4v) is 2.96. The van der Waals surface area contributed by atoms with Crippen molar-refractivity contribution < 1.29 is 0 Å². The van der Waals surface area contributed by atoms with Gasteiger partial charge in [-0.25, -0.2) is 0 Å². The Bertz CT molecular complexity index is 243. The van der Waals surface area contributed by atoms with Gasteiger partial charge in [-0.15, -0.1) is 0 Å². The summed E-state index contributed by atoms with van der Waals surface area (Å²) in [5.74, 6) is 0. The lowest BCUT2D eigenvalue weighted by atomic mass is 10.1. The Balaban J connectivity index is 1.76. The topological polar surface area (TPSA) is 15.8 Å². The van der Waals surface area contributed by atoms with Crippen molar-refractivity contribution in [2.24, 2.45) is 0 Å². The van der Waals surface area contributed by atoms with E-state index >= 15 is 0 Å². The molecule has 0 atom stereocenters. The number of hydrogen-bond donors (Lipinski definition) is 1. The molecule has 2 heteroatoms. The summed E-state index contributed by atoms with van der Waals surface area (Å²) < 4.78 is 3.21. The highest BCUT2D eigenvalue weighted by molar-refractivity contribution is 7.26. The molecule has 0 aliphatic heterocycles. The molecule has 0 unspecified atom stereocenters. The summed E-state index contributed by atoms with van der Waals surface area (Å²) >= 11 is 0. The molecule has 0 radical (unpaired) electrons. The molecule has 1 rings (SSSR count). The Morgan fingerprint density at radius 3 is 2.00 bits per heavy atom. The average Bonchev–Trinajstić information content (AvgIpc) is 2.85. The van der Waals surface area contributed by atoms with Gasteiger partial charge in [-0.05, 0) is 24.2 Å². The molecule has 1 aromatic heterocycles. The number of rotatable bonds is 11. The highest BCUT2D eigenvalue weighted by atomic mass is 31.0. The zero-order valence-corrected chi connectivity index (χ0v) is 12.3. The van der Waals surface area contributed by atoms with Gasteiger partial charge < -0.3 is 4.75 Å². The molecule has 1 N–H and O–H groups in total. The molecule has 0 saturated heterocycles.